The van der Waals surface area contributed by atoms with Crippen LogP contribution in [0.3, 0.4) is 0 Å². The lowest BCUT2D eigenvalue weighted by atomic mass is 10.0. The van der Waals surface area contributed by atoms with Gasteiger partial charge in [0.1, 0.15) is 17.9 Å². The summed E-state index contributed by atoms with van der Waals surface area (Å²) in [5.41, 5.74) is 6.28. The second-order valence-corrected chi connectivity index (χ2v) is 6.56. The lowest BCUT2D eigenvalue weighted by Crippen LogP contribution is -2.58. The van der Waals surface area contributed by atoms with E-state index < -0.39 is 24.0 Å². The average Bonchev–Trinajstić information content (AvgIpc) is 2.97. The molecule has 0 saturated heterocycles. The number of aromatic nitrogens is 1. The first kappa shape index (κ1) is 18.9. The highest BCUT2D eigenvalue weighted by molar-refractivity contribution is 6.05. The number of likely N-dealkylation sites (N-methyl/N-ethyl adjacent to an activating group) is 1. The Morgan fingerprint density at radius 3 is 2.56 bits per heavy atom. The lowest BCUT2D eigenvalue weighted by Gasteiger charge is -2.30. The molecule has 1 aromatic rings. The minimum atomic E-state index is -0.794. The van der Waals surface area contributed by atoms with E-state index in [1.807, 2.05) is 19.9 Å². The predicted molar refractivity (Wildman–Crippen MR) is 93.7 cm³/mol. The molecule has 8 heteroatoms. The number of hydrogen-bond acceptors (Lipinski definition) is 5. The molecule has 1 aromatic heterocycles. The van der Waals surface area contributed by atoms with E-state index in [-0.39, 0.29) is 17.7 Å². The van der Waals surface area contributed by atoms with Gasteiger partial charge >= 0.3 is 0 Å². The summed E-state index contributed by atoms with van der Waals surface area (Å²) in [4.78, 5) is 42.8. The number of carbonyl (C=O) groups excluding carboxylic acids is 3. The van der Waals surface area contributed by atoms with Gasteiger partial charge in [-0.05, 0) is 31.5 Å². The highest BCUT2D eigenvalue weighted by atomic mass is 16.2. The average molecular weight is 347 g/mol. The van der Waals surface area contributed by atoms with Crippen LogP contribution in [0.2, 0.25) is 0 Å². The zero-order valence-corrected chi connectivity index (χ0v) is 14.9. The van der Waals surface area contributed by atoms with Crippen molar-refractivity contribution in [3.05, 3.63) is 23.9 Å². The van der Waals surface area contributed by atoms with E-state index in [0.29, 0.717) is 12.2 Å². The van der Waals surface area contributed by atoms with Gasteiger partial charge in [-0.15, -0.1) is 0 Å². The van der Waals surface area contributed by atoms with Gasteiger partial charge in [0.25, 0.3) is 5.91 Å². The van der Waals surface area contributed by atoms with Crippen molar-refractivity contribution in [1.29, 1.82) is 0 Å². The molecule has 3 atom stereocenters. The van der Waals surface area contributed by atoms with E-state index in [1.54, 1.807) is 26.2 Å². The van der Waals surface area contributed by atoms with Crippen LogP contribution in [0.5, 0.6) is 0 Å². The fourth-order valence-corrected chi connectivity index (χ4v) is 2.81. The number of carbonyl (C=O) groups is 3. The van der Waals surface area contributed by atoms with E-state index in [9.17, 15) is 14.4 Å². The fourth-order valence-electron chi connectivity index (χ4n) is 2.81. The molecular weight excluding hydrogens is 322 g/mol. The summed E-state index contributed by atoms with van der Waals surface area (Å²) >= 11 is 0. The van der Waals surface area contributed by atoms with Crippen molar-refractivity contribution in [3.63, 3.8) is 0 Å². The minimum absolute atomic E-state index is 0.165. The summed E-state index contributed by atoms with van der Waals surface area (Å²) in [6.07, 6.45) is 1.89. The standard InChI is InChI=1S/C17H25N5O3/c1-9(2)13(21-16(24)10(3)19-4)17(25)22-12(14(18)23)8-11-6-5-7-20-15(11)22/h5-7,9-10,12-13,19H,8H2,1-4H3,(H2,18,23)(H,21,24). The summed E-state index contributed by atoms with van der Waals surface area (Å²) in [5, 5.41) is 5.60. The molecule has 0 fully saturated rings. The first-order valence-corrected chi connectivity index (χ1v) is 8.31. The molecule has 8 nitrogen and oxygen atoms in total. The second kappa shape index (κ2) is 7.60. The van der Waals surface area contributed by atoms with Gasteiger partial charge in [0.15, 0.2) is 0 Å². The van der Waals surface area contributed by atoms with Gasteiger partial charge in [0.05, 0.1) is 6.04 Å². The summed E-state index contributed by atoms with van der Waals surface area (Å²) in [6.45, 7) is 5.37. The Morgan fingerprint density at radius 2 is 2.00 bits per heavy atom. The van der Waals surface area contributed by atoms with Crippen LogP contribution in [0, 0.1) is 5.92 Å². The van der Waals surface area contributed by atoms with Crippen molar-refractivity contribution >= 4 is 23.5 Å². The Balaban J connectivity index is 2.33. The molecule has 0 radical (unpaired) electrons. The van der Waals surface area contributed by atoms with Crippen molar-refractivity contribution in [2.45, 2.75) is 45.3 Å². The summed E-state index contributed by atoms with van der Waals surface area (Å²) < 4.78 is 0. The molecular formula is C17H25N5O3. The van der Waals surface area contributed by atoms with Gasteiger partial charge in [-0.25, -0.2) is 4.98 Å². The van der Waals surface area contributed by atoms with Crippen LogP contribution in [-0.4, -0.2) is 47.9 Å². The normalized spacial score (nSPS) is 18.6. The molecule has 2 heterocycles. The zero-order valence-electron chi connectivity index (χ0n) is 14.9. The molecule has 2 rings (SSSR count). The first-order chi connectivity index (χ1) is 11.8. The van der Waals surface area contributed by atoms with Crippen LogP contribution >= 0.6 is 0 Å². The van der Waals surface area contributed by atoms with Crippen LogP contribution < -0.4 is 21.3 Å². The van der Waals surface area contributed by atoms with Crippen LogP contribution in [0.4, 0.5) is 5.82 Å². The smallest absolute Gasteiger partial charge is 0.251 e. The molecule has 3 unspecified atom stereocenters. The molecule has 4 N–H and O–H groups in total. The largest absolute Gasteiger partial charge is 0.368 e. The molecule has 1 aliphatic heterocycles. The summed E-state index contributed by atoms with van der Waals surface area (Å²) in [7, 11) is 1.67. The summed E-state index contributed by atoms with van der Waals surface area (Å²) in [6, 6.07) is 1.55. The maximum atomic E-state index is 13.2. The third-order valence-corrected chi connectivity index (χ3v) is 4.44. The number of pyridine rings is 1. The van der Waals surface area contributed by atoms with Crippen LogP contribution in [0.25, 0.3) is 0 Å². The molecule has 3 amide bonds. The number of amides is 3. The molecule has 1 aliphatic rings. The van der Waals surface area contributed by atoms with Gasteiger partial charge in [-0.3, -0.25) is 19.3 Å². The number of hydrogen-bond donors (Lipinski definition) is 3. The molecule has 0 bridgehead atoms. The molecule has 136 valence electrons. The molecule has 0 spiro atoms. The molecule has 0 saturated carbocycles. The van der Waals surface area contributed by atoms with Gasteiger partial charge in [-0.1, -0.05) is 19.9 Å². The quantitative estimate of drug-likeness (QED) is 0.646. The maximum Gasteiger partial charge on any atom is 0.251 e. The number of anilines is 1. The number of nitrogens with zero attached hydrogens (tertiary/aromatic N) is 2. The van der Waals surface area contributed by atoms with Crippen molar-refractivity contribution in [2.75, 3.05) is 11.9 Å². The molecule has 0 aliphatic carbocycles. The van der Waals surface area contributed by atoms with Crippen LogP contribution in [0.1, 0.15) is 26.3 Å². The Morgan fingerprint density at radius 1 is 1.32 bits per heavy atom. The highest BCUT2D eigenvalue weighted by Crippen LogP contribution is 2.31. The number of nitrogens with two attached hydrogens (primary N) is 1. The Bertz CT molecular complexity index is 676. The van der Waals surface area contributed by atoms with Gasteiger partial charge in [0.2, 0.25) is 11.8 Å². The van der Waals surface area contributed by atoms with Gasteiger partial charge < -0.3 is 16.4 Å². The molecule has 0 aromatic carbocycles. The Hall–Kier alpha value is -2.48. The highest BCUT2D eigenvalue weighted by Gasteiger charge is 2.42. The predicted octanol–water partition coefficient (Wildman–Crippen LogP) is -0.427. The lowest BCUT2D eigenvalue weighted by molar-refractivity contribution is -0.130. The number of primary amides is 1. The molecule has 25 heavy (non-hydrogen) atoms. The van der Waals surface area contributed by atoms with Crippen molar-refractivity contribution in [3.8, 4) is 0 Å². The third-order valence-electron chi connectivity index (χ3n) is 4.44. The monoisotopic (exact) mass is 347 g/mol. The number of rotatable bonds is 6. The van der Waals surface area contributed by atoms with Crippen LogP contribution in [0.15, 0.2) is 18.3 Å². The van der Waals surface area contributed by atoms with Crippen molar-refractivity contribution in [2.24, 2.45) is 11.7 Å². The number of nitrogens with one attached hydrogen (secondary N) is 2. The first-order valence-electron chi connectivity index (χ1n) is 8.31. The van der Waals surface area contributed by atoms with E-state index in [4.69, 9.17) is 5.73 Å². The number of fused-ring (bicyclic) bond motifs is 1. The third kappa shape index (κ3) is 3.79. The van der Waals surface area contributed by atoms with E-state index in [0.717, 1.165) is 5.56 Å². The maximum absolute atomic E-state index is 13.2. The van der Waals surface area contributed by atoms with Crippen LogP contribution in [-0.2, 0) is 20.8 Å². The summed E-state index contributed by atoms with van der Waals surface area (Å²) in [5.74, 6) is -0.998. The Kier molecular flexibility index (Phi) is 5.73. The second-order valence-electron chi connectivity index (χ2n) is 6.56. The van der Waals surface area contributed by atoms with E-state index in [1.165, 1.54) is 4.90 Å². The van der Waals surface area contributed by atoms with E-state index >= 15 is 0 Å². The fraction of sp³-hybridized carbons (Fsp3) is 0.529. The zero-order chi connectivity index (χ0) is 18.7. The minimum Gasteiger partial charge on any atom is -0.368 e. The van der Waals surface area contributed by atoms with E-state index in [2.05, 4.69) is 15.6 Å². The van der Waals surface area contributed by atoms with Crippen molar-refractivity contribution < 1.29 is 14.4 Å². The van der Waals surface area contributed by atoms with Crippen molar-refractivity contribution in [1.82, 2.24) is 15.6 Å². The topological polar surface area (TPSA) is 117 Å². The van der Waals surface area contributed by atoms with Gasteiger partial charge in [-0.2, -0.15) is 0 Å². The SMILES string of the molecule is CNC(C)C(=O)NC(C(=O)N1c2ncccc2CC1C(N)=O)C(C)C. The van der Waals surface area contributed by atoms with Gasteiger partial charge in [0, 0.05) is 12.6 Å². The Labute approximate surface area is 147 Å².